The minimum absolute atomic E-state index is 0.178. The number of hydrogen-bond acceptors (Lipinski definition) is 3. The van der Waals surface area contributed by atoms with Gasteiger partial charge in [-0.3, -0.25) is 0 Å². The summed E-state index contributed by atoms with van der Waals surface area (Å²) in [7, 11) is 2.96. The van der Waals surface area contributed by atoms with Crippen LogP contribution in [0.15, 0.2) is 12.1 Å². The molecular formula is C12H16FNO2. The molecule has 1 fully saturated rings. The molecule has 16 heavy (non-hydrogen) atoms. The van der Waals surface area contributed by atoms with Crippen molar-refractivity contribution >= 4 is 0 Å². The van der Waals surface area contributed by atoms with Crippen LogP contribution in [0.2, 0.25) is 0 Å². The summed E-state index contributed by atoms with van der Waals surface area (Å²) in [6.07, 6.45) is 1.04. The summed E-state index contributed by atoms with van der Waals surface area (Å²) < 4.78 is 23.8. The molecule has 0 aromatic heterocycles. The molecule has 1 N–H and O–H groups in total. The number of rotatable bonds is 3. The Balaban J connectivity index is 2.36. The van der Waals surface area contributed by atoms with Gasteiger partial charge in [-0.15, -0.1) is 0 Å². The highest BCUT2D eigenvalue weighted by Crippen LogP contribution is 2.35. The Morgan fingerprint density at radius 1 is 1.31 bits per heavy atom. The Bertz CT molecular complexity index is 376. The van der Waals surface area contributed by atoms with Crippen LogP contribution in [0.25, 0.3) is 0 Å². The van der Waals surface area contributed by atoms with Crippen LogP contribution in [0.5, 0.6) is 11.5 Å². The largest absolute Gasteiger partial charge is 0.493 e. The summed E-state index contributed by atoms with van der Waals surface area (Å²) in [5.74, 6) is 0.652. The first-order chi connectivity index (χ1) is 7.76. The maximum atomic E-state index is 13.7. The van der Waals surface area contributed by atoms with E-state index in [2.05, 4.69) is 5.32 Å². The molecule has 1 aromatic carbocycles. The van der Waals surface area contributed by atoms with Gasteiger partial charge >= 0.3 is 0 Å². The third-order valence-corrected chi connectivity index (χ3v) is 2.99. The Morgan fingerprint density at radius 2 is 2.12 bits per heavy atom. The predicted octanol–water partition coefficient (Wildman–Crippen LogP) is 1.92. The van der Waals surface area contributed by atoms with Crippen LogP contribution in [0.4, 0.5) is 4.39 Å². The molecule has 1 saturated heterocycles. The maximum absolute atomic E-state index is 13.7. The zero-order valence-corrected chi connectivity index (χ0v) is 9.55. The highest BCUT2D eigenvalue weighted by Gasteiger charge is 2.20. The Kier molecular flexibility index (Phi) is 3.29. The molecule has 88 valence electrons. The van der Waals surface area contributed by atoms with Crippen LogP contribution in [0.1, 0.15) is 17.9 Å². The molecule has 0 bridgehead atoms. The van der Waals surface area contributed by atoms with Gasteiger partial charge in [0.25, 0.3) is 0 Å². The molecule has 1 heterocycles. The summed E-state index contributed by atoms with van der Waals surface area (Å²) >= 11 is 0. The quantitative estimate of drug-likeness (QED) is 0.852. The van der Waals surface area contributed by atoms with Gasteiger partial charge in [-0.2, -0.15) is 0 Å². The number of methoxy groups -OCH3 is 2. The lowest BCUT2D eigenvalue weighted by Gasteiger charge is -2.14. The fourth-order valence-corrected chi connectivity index (χ4v) is 2.11. The summed E-state index contributed by atoms with van der Waals surface area (Å²) in [6.45, 7) is 1.88. The zero-order valence-electron chi connectivity index (χ0n) is 9.55. The predicted molar refractivity (Wildman–Crippen MR) is 59.7 cm³/mol. The topological polar surface area (TPSA) is 30.5 Å². The smallest absolute Gasteiger partial charge is 0.196 e. The fourth-order valence-electron chi connectivity index (χ4n) is 2.11. The second kappa shape index (κ2) is 4.70. The van der Waals surface area contributed by atoms with E-state index in [1.54, 1.807) is 6.07 Å². The van der Waals surface area contributed by atoms with Crippen molar-refractivity contribution < 1.29 is 13.9 Å². The van der Waals surface area contributed by atoms with E-state index < -0.39 is 0 Å². The van der Waals surface area contributed by atoms with Crippen molar-refractivity contribution in [1.29, 1.82) is 0 Å². The SMILES string of the molecule is COc1cc(C2CCNC2)cc(F)c1OC. The molecule has 1 aliphatic rings. The number of benzene rings is 1. The summed E-state index contributed by atoms with van der Waals surface area (Å²) in [4.78, 5) is 0. The summed E-state index contributed by atoms with van der Waals surface area (Å²) in [6, 6.07) is 3.40. The molecule has 4 heteroatoms. The molecule has 0 aliphatic carbocycles. The van der Waals surface area contributed by atoms with E-state index in [0.717, 1.165) is 25.1 Å². The Hall–Kier alpha value is -1.29. The number of nitrogens with one attached hydrogen (secondary N) is 1. The zero-order chi connectivity index (χ0) is 11.5. The first-order valence-electron chi connectivity index (χ1n) is 5.38. The second-order valence-electron chi connectivity index (χ2n) is 3.93. The van der Waals surface area contributed by atoms with E-state index in [4.69, 9.17) is 9.47 Å². The van der Waals surface area contributed by atoms with Crippen molar-refractivity contribution in [2.45, 2.75) is 12.3 Å². The minimum atomic E-state index is -0.358. The van der Waals surface area contributed by atoms with Crippen LogP contribution in [0.3, 0.4) is 0 Å². The molecule has 1 aliphatic heterocycles. The van der Waals surface area contributed by atoms with Gasteiger partial charge in [0, 0.05) is 6.54 Å². The average Bonchev–Trinajstić information content (AvgIpc) is 2.81. The highest BCUT2D eigenvalue weighted by molar-refractivity contribution is 5.45. The van der Waals surface area contributed by atoms with E-state index in [1.165, 1.54) is 14.2 Å². The van der Waals surface area contributed by atoms with Gasteiger partial charge in [-0.05, 0) is 36.6 Å². The molecule has 2 rings (SSSR count). The second-order valence-corrected chi connectivity index (χ2v) is 3.93. The highest BCUT2D eigenvalue weighted by atomic mass is 19.1. The molecular weight excluding hydrogens is 209 g/mol. The molecule has 0 spiro atoms. The number of hydrogen-bond donors (Lipinski definition) is 1. The molecule has 0 amide bonds. The maximum Gasteiger partial charge on any atom is 0.196 e. The van der Waals surface area contributed by atoms with Crippen molar-refractivity contribution in [1.82, 2.24) is 5.32 Å². The first kappa shape index (κ1) is 11.2. The number of ether oxygens (including phenoxy) is 2. The van der Waals surface area contributed by atoms with Crippen molar-refractivity contribution in [3.8, 4) is 11.5 Å². The molecule has 1 aromatic rings. The van der Waals surface area contributed by atoms with E-state index in [-0.39, 0.29) is 11.6 Å². The molecule has 0 radical (unpaired) electrons. The van der Waals surface area contributed by atoms with Gasteiger partial charge in [0.2, 0.25) is 0 Å². The molecule has 1 unspecified atom stereocenters. The molecule has 3 nitrogen and oxygen atoms in total. The van der Waals surface area contributed by atoms with E-state index in [0.29, 0.717) is 11.7 Å². The normalized spacial score (nSPS) is 19.8. The van der Waals surface area contributed by atoms with Gasteiger partial charge in [0.15, 0.2) is 17.3 Å². The van der Waals surface area contributed by atoms with Crippen molar-refractivity contribution in [3.05, 3.63) is 23.5 Å². The Labute approximate surface area is 94.6 Å². The summed E-state index contributed by atoms with van der Waals surface area (Å²) in [5, 5.41) is 3.26. The van der Waals surface area contributed by atoms with Gasteiger partial charge in [0.1, 0.15) is 0 Å². The first-order valence-corrected chi connectivity index (χ1v) is 5.38. The van der Waals surface area contributed by atoms with Crippen molar-refractivity contribution in [3.63, 3.8) is 0 Å². The lowest BCUT2D eigenvalue weighted by molar-refractivity contribution is 0.336. The number of halogens is 1. The van der Waals surface area contributed by atoms with Gasteiger partial charge in [0.05, 0.1) is 14.2 Å². The molecule has 0 saturated carbocycles. The van der Waals surface area contributed by atoms with Gasteiger partial charge in [-0.1, -0.05) is 0 Å². The summed E-state index contributed by atoms with van der Waals surface area (Å²) in [5.41, 5.74) is 0.972. The van der Waals surface area contributed by atoms with Crippen LogP contribution < -0.4 is 14.8 Å². The van der Waals surface area contributed by atoms with Gasteiger partial charge in [-0.25, -0.2) is 4.39 Å². The van der Waals surface area contributed by atoms with Crippen molar-refractivity contribution in [2.75, 3.05) is 27.3 Å². The van der Waals surface area contributed by atoms with Crippen LogP contribution in [-0.4, -0.2) is 27.3 Å². The van der Waals surface area contributed by atoms with Crippen LogP contribution >= 0.6 is 0 Å². The Morgan fingerprint density at radius 3 is 2.69 bits per heavy atom. The lowest BCUT2D eigenvalue weighted by Crippen LogP contribution is -2.08. The van der Waals surface area contributed by atoms with E-state index in [1.807, 2.05) is 6.07 Å². The average molecular weight is 225 g/mol. The fraction of sp³-hybridized carbons (Fsp3) is 0.500. The van der Waals surface area contributed by atoms with Crippen molar-refractivity contribution in [2.24, 2.45) is 0 Å². The van der Waals surface area contributed by atoms with Crippen LogP contribution in [0, 0.1) is 5.82 Å². The minimum Gasteiger partial charge on any atom is -0.493 e. The standard InChI is InChI=1S/C12H16FNO2/c1-15-11-6-9(8-3-4-14-7-8)5-10(13)12(11)16-2/h5-6,8,14H,3-4,7H2,1-2H3. The monoisotopic (exact) mass is 225 g/mol. The van der Waals surface area contributed by atoms with E-state index in [9.17, 15) is 4.39 Å². The van der Waals surface area contributed by atoms with E-state index >= 15 is 0 Å². The third-order valence-electron chi connectivity index (χ3n) is 2.99. The lowest BCUT2D eigenvalue weighted by atomic mass is 9.98. The third kappa shape index (κ3) is 1.97. The van der Waals surface area contributed by atoms with Crippen LogP contribution in [-0.2, 0) is 0 Å². The van der Waals surface area contributed by atoms with Gasteiger partial charge < -0.3 is 14.8 Å². The molecule has 1 atom stereocenters.